The van der Waals surface area contributed by atoms with Gasteiger partial charge < -0.3 is 0 Å². The van der Waals surface area contributed by atoms with Crippen molar-refractivity contribution in [2.24, 2.45) is 11.8 Å². The van der Waals surface area contributed by atoms with Gasteiger partial charge in [-0.25, -0.2) is 0 Å². The Labute approximate surface area is 313 Å². The molecule has 0 bridgehead atoms. The molecule has 4 unspecified atom stereocenters. The zero-order valence-electron chi connectivity index (χ0n) is 31.1. The molecule has 4 aliphatic rings. The van der Waals surface area contributed by atoms with Crippen molar-refractivity contribution in [3.8, 4) is 0 Å². The van der Waals surface area contributed by atoms with E-state index in [9.17, 15) is 0 Å². The molecule has 7 rings (SSSR count). The number of allylic oxidation sites excluding steroid dienone is 16. The highest BCUT2D eigenvalue weighted by Gasteiger charge is 2.31. The minimum absolute atomic E-state index is 0.268. The van der Waals surface area contributed by atoms with Gasteiger partial charge in [0.05, 0.1) is 0 Å². The van der Waals surface area contributed by atoms with E-state index in [0.717, 1.165) is 6.42 Å². The van der Waals surface area contributed by atoms with Gasteiger partial charge >= 0.3 is 0 Å². The molecule has 0 aromatic heterocycles. The van der Waals surface area contributed by atoms with E-state index in [2.05, 4.69) is 177 Å². The van der Waals surface area contributed by atoms with Crippen LogP contribution in [0.25, 0.3) is 11.6 Å². The highest BCUT2D eigenvalue weighted by Crippen LogP contribution is 2.44. The standard InChI is InChI=1S/C52H56/c1-40-20-12-5-3-2-4-6-17-25-49(40)44-32-34-46(35-33-44)52-27-19-10-9-18-26-51(52)45-30-28-41(29-31-45)38-48-39-47(42-21-15-11-16-22-42)36-37-50(48)43-23-13-7-8-14-24-43/h2-8,11-17,20-23,25,28-35,38,47-50,52H,9-10,18-19,24,26-27,36-37,39H2,1H3/b3-2-,6-4-,12-5-,25-17-,40-20-,41-38?,51-45?/t47-,48?,49?,50?,52?/m0/s1. The summed E-state index contributed by atoms with van der Waals surface area (Å²) in [7, 11) is 0. The molecule has 2 fully saturated rings. The van der Waals surface area contributed by atoms with Gasteiger partial charge in [0, 0.05) is 11.8 Å². The molecule has 0 radical (unpaired) electrons. The lowest BCUT2D eigenvalue weighted by Crippen LogP contribution is -2.26. The zero-order valence-corrected chi connectivity index (χ0v) is 31.1. The van der Waals surface area contributed by atoms with Crippen LogP contribution in [0.5, 0.6) is 0 Å². The molecule has 0 aliphatic heterocycles. The van der Waals surface area contributed by atoms with E-state index in [1.54, 1.807) is 11.1 Å². The van der Waals surface area contributed by atoms with Crippen molar-refractivity contribution >= 4 is 11.6 Å². The first-order valence-electron chi connectivity index (χ1n) is 20.1. The second-order valence-electron chi connectivity index (χ2n) is 15.4. The Hall–Kier alpha value is -4.68. The quantitative estimate of drug-likeness (QED) is 0.252. The molecule has 2 saturated carbocycles. The highest BCUT2D eigenvalue weighted by molar-refractivity contribution is 5.56. The number of rotatable bonds is 5. The maximum Gasteiger partial charge on any atom is 0.0231 e. The van der Waals surface area contributed by atoms with E-state index < -0.39 is 0 Å². The van der Waals surface area contributed by atoms with Crippen molar-refractivity contribution in [3.63, 3.8) is 0 Å². The van der Waals surface area contributed by atoms with Gasteiger partial charge in [0.15, 0.2) is 0 Å². The van der Waals surface area contributed by atoms with E-state index in [4.69, 9.17) is 0 Å². The molecule has 3 aromatic rings. The summed E-state index contributed by atoms with van der Waals surface area (Å²) >= 11 is 0. The summed E-state index contributed by atoms with van der Waals surface area (Å²) in [6, 6.07) is 30.6. The van der Waals surface area contributed by atoms with Crippen molar-refractivity contribution in [3.05, 3.63) is 202 Å². The third-order valence-electron chi connectivity index (χ3n) is 12.0. The summed E-state index contributed by atoms with van der Waals surface area (Å²) in [5.41, 5.74) is 8.92. The van der Waals surface area contributed by atoms with Gasteiger partial charge in [0.25, 0.3) is 0 Å². The van der Waals surface area contributed by atoms with Crippen LogP contribution < -0.4 is 10.4 Å². The van der Waals surface area contributed by atoms with Crippen LogP contribution in [0, 0.1) is 11.8 Å². The Morgan fingerprint density at radius 1 is 0.577 bits per heavy atom. The smallest absolute Gasteiger partial charge is 0.0231 e. The van der Waals surface area contributed by atoms with Crippen molar-refractivity contribution in [1.29, 1.82) is 0 Å². The average molecular weight is 681 g/mol. The lowest BCUT2D eigenvalue weighted by Gasteiger charge is -2.36. The Balaban J connectivity index is 1.18. The second kappa shape index (κ2) is 18.2. The van der Waals surface area contributed by atoms with Crippen LogP contribution >= 0.6 is 0 Å². The molecule has 264 valence electrons. The molecular weight excluding hydrogens is 625 g/mol. The van der Waals surface area contributed by atoms with Crippen LogP contribution in [0.3, 0.4) is 0 Å². The summed E-state index contributed by atoms with van der Waals surface area (Å²) in [5, 5.41) is 2.81. The van der Waals surface area contributed by atoms with Gasteiger partial charge in [-0.15, -0.1) is 0 Å². The molecule has 0 nitrogen and oxygen atoms in total. The summed E-state index contributed by atoms with van der Waals surface area (Å²) < 4.78 is 0. The topological polar surface area (TPSA) is 0 Å². The molecular formula is C52H56. The molecule has 0 saturated heterocycles. The molecule has 0 heteroatoms. The maximum atomic E-state index is 2.62. The van der Waals surface area contributed by atoms with Gasteiger partial charge in [-0.3, -0.25) is 0 Å². The first-order chi connectivity index (χ1) is 25.7. The molecule has 0 spiro atoms. The monoisotopic (exact) mass is 680 g/mol. The van der Waals surface area contributed by atoms with E-state index >= 15 is 0 Å². The zero-order chi connectivity index (χ0) is 35.4. The summed E-state index contributed by atoms with van der Waals surface area (Å²) in [6.07, 6.45) is 45.9. The first kappa shape index (κ1) is 35.7. The van der Waals surface area contributed by atoms with E-state index in [1.165, 1.54) is 90.5 Å². The van der Waals surface area contributed by atoms with Gasteiger partial charge in [0.1, 0.15) is 0 Å². The number of benzene rings is 3. The van der Waals surface area contributed by atoms with Crippen LogP contribution in [0.15, 0.2) is 175 Å². The minimum atomic E-state index is 0.268. The molecule has 0 N–H and O–H groups in total. The number of hydrogen-bond donors (Lipinski definition) is 0. The van der Waals surface area contributed by atoms with E-state index in [1.807, 2.05) is 0 Å². The molecule has 0 amide bonds. The summed E-state index contributed by atoms with van der Waals surface area (Å²) in [6.45, 7) is 2.25. The fourth-order valence-corrected chi connectivity index (χ4v) is 9.15. The second-order valence-corrected chi connectivity index (χ2v) is 15.4. The predicted octanol–water partition coefficient (Wildman–Crippen LogP) is 12.7. The molecule has 3 aromatic carbocycles. The first-order valence-corrected chi connectivity index (χ1v) is 20.1. The molecule has 4 aliphatic carbocycles. The fraction of sp³-hybridized carbons (Fsp3) is 0.308. The third-order valence-corrected chi connectivity index (χ3v) is 12.0. The summed E-state index contributed by atoms with van der Waals surface area (Å²) in [5.74, 6) is 2.49. The average Bonchev–Trinajstić information content (AvgIpc) is 3.48. The normalized spacial score (nSPS) is 28.8. The number of hydrogen-bond acceptors (Lipinski definition) is 0. The lowest BCUT2D eigenvalue weighted by atomic mass is 9.68. The van der Waals surface area contributed by atoms with Crippen molar-refractivity contribution in [2.75, 3.05) is 0 Å². The van der Waals surface area contributed by atoms with Crippen LogP contribution in [0.2, 0.25) is 0 Å². The van der Waals surface area contributed by atoms with Crippen LogP contribution in [0.4, 0.5) is 0 Å². The van der Waals surface area contributed by atoms with E-state index in [0.29, 0.717) is 23.7 Å². The SMILES string of the molecule is C/C1=C/C=C\C=C/C=C\C=C/C1c1ccc(C2CCCCCCC2=c2ccc(=CC3C[C@@H](c4ccccc4)CCC3C3=CC=CC=CC3)cc2)cc1. The van der Waals surface area contributed by atoms with Gasteiger partial charge in [-0.2, -0.15) is 0 Å². The molecule has 52 heavy (non-hydrogen) atoms. The van der Waals surface area contributed by atoms with Gasteiger partial charge in [-0.05, 0) is 96.8 Å². The third kappa shape index (κ3) is 9.21. The Kier molecular flexibility index (Phi) is 12.5. The largest absolute Gasteiger partial charge is 0.0804 e. The maximum absolute atomic E-state index is 2.62. The minimum Gasteiger partial charge on any atom is -0.0804 e. The van der Waals surface area contributed by atoms with E-state index in [-0.39, 0.29) is 5.92 Å². The van der Waals surface area contributed by atoms with Crippen LogP contribution in [0.1, 0.15) is 106 Å². The lowest BCUT2D eigenvalue weighted by molar-refractivity contribution is 0.302. The highest BCUT2D eigenvalue weighted by atomic mass is 14.4. The Morgan fingerprint density at radius 2 is 1.29 bits per heavy atom. The van der Waals surface area contributed by atoms with Crippen LogP contribution in [-0.2, 0) is 0 Å². The Morgan fingerprint density at radius 3 is 2.12 bits per heavy atom. The van der Waals surface area contributed by atoms with Crippen molar-refractivity contribution in [2.45, 2.75) is 88.9 Å². The Bertz CT molecular complexity index is 1980. The molecule has 0 heterocycles. The summed E-state index contributed by atoms with van der Waals surface area (Å²) in [4.78, 5) is 0. The van der Waals surface area contributed by atoms with Gasteiger partial charge in [0.2, 0.25) is 0 Å². The van der Waals surface area contributed by atoms with Crippen molar-refractivity contribution < 1.29 is 0 Å². The van der Waals surface area contributed by atoms with Gasteiger partial charge in [-0.1, -0.05) is 206 Å². The fourth-order valence-electron chi connectivity index (χ4n) is 9.15. The van der Waals surface area contributed by atoms with Crippen LogP contribution in [-0.4, -0.2) is 0 Å². The predicted molar refractivity (Wildman–Crippen MR) is 225 cm³/mol. The molecule has 5 atom stereocenters. The van der Waals surface area contributed by atoms with Crippen molar-refractivity contribution in [1.82, 2.24) is 0 Å².